The summed E-state index contributed by atoms with van der Waals surface area (Å²) in [6.45, 7) is 0.889. The summed E-state index contributed by atoms with van der Waals surface area (Å²) in [5.74, 6) is 0. The summed E-state index contributed by atoms with van der Waals surface area (Å²) < 4.78 is 0. The Hall–Kier alpha value is 0.115. The monoisotopic (exact) mass is 97.1 g/mol. The molecule has 0 radical (unpaired) electrons. The van der Waals surface area contributed by atoms with Crippen LogP contribution >= 0.6 is 0 Å². The standard InChI is InChI=1S/C2H6BNO.B2H4/c1-2-5-4-3-1;1-2/h3-4H,1-2H2;1-2H2. The summed E-state index contributed by atoms with van der Waals surface area (Å²) >= 11 is 0. The molecule has 1 aliphatic heterocycles. The number of hydrogen-bond donors (Lipinski definition) is 1. The van der Waals surface area contributed by atoms with Crippen LogP contribution in [0.2, 0.25) is 6.32 Å². The first-order valence-electron chi connectivity index (χ1n) is 2.85. The van der Waals surface area contributed by atoms with E-state index < -0.39 is 0 Å². The maximum atomic E-state index is 4.69. The average molecular weight is 96.5 g/mol. The second-order valence-corrected chi connectivity index (χ2v) is 1.10. The van der Waals surface area contributed by atoms with Crippen molar-refractivity contribution in [1.82, 2.24) is 5.39 Å². The predicted molar refractivity (Wildman–Crippen MR) is 38.1 cm³/mol. The molecule has 0 spiro atoms. The summed E-state index contributed by atoms with van der Waals surface area (Å²) in [5.41, 5.74) is 0. The van der Waals surface area contributed by atoms with Crippen molar-refractivity contribution < 1.29 is 4.84 Å². The van der Waals surface area contributed by atoms with Crippen LogP contribution < -0.4 is 5.39 Å². The molecule has 0 bridgehead atoms. The quantitative estimate of drug-likeness (QED) is 0.336. The van der Waals surface area contributed by atoms with E-state index in [4.69, 9.17) is 4.84 Å². The Kier molecular flexibility index (Phi) is 6.22. The zero-order valence-electron chi connectivity index (χ0n) is 5.03. The second-order valence-electron chi connectivity index (χ2n) is 1.10. The second kappa shape index (κ2) is 6.11. The van der Waals surface area contributed by atoms with E-state index in [2.05, 4.69) is 5.39 Å². The highest BCUT2D eigenvalue weighted by molar-refractivity contribution is 6.75. The fraction of sp³-hybridized carbons (Fsp3) is 1.00. The minimum atomic E-state index is 0.889. The fourth-order valence-corrected chi connectivity index (χ4v) is 0.361. The molecular formula is C2H10B3NO. The lowest BCUT2D eigenvalue weighted by Crippen LogP contribution is -2.05. The van der Waals surface area contributed by atoms with Gasteiger partial charge in [0.2, 0.25) is 7.41 Å². The van der Waals surface area contributed by atoms with Crippen molar-refractivity contribution in [3.05, 3.63) is 0 Å². The van der Waals surface area contributed by atoms with Gasteiger partial charge in [-0.1, -0.05) is 0 Å². The smallest absolute Gasteiger partial charge is 0.236 e. The van der Waals surface area contributed by atoms with E-state index >= 15 is 0 Å². The topological polar surface area (TPSA) is 21.3 Å². The molecule has 1 aliphatic rings. The number of hydrogen-bond acceptors (Lipinski definition) is 2. The van der Waals surface area contributed by atoms with E-state index in [1.165, 1.54) is 6.32 Å². The lowest BCUT2D eigenvalue weighted by molar-refractivity contribution is 0.128. The summed E-state index contributed by atoms with van der Waals surface area (Å²) in [5, 5.41) is 2.72. The molecule has 0 amide bonds. The Bertz CT molecular complexity index is 24.5. The Balaban J connectivity index is 0.000000162. The molecule has 1 heterocycles. The molecule has 0 aromatic heterocycles. The normalized spacial score (nSPS) is 16.6. The Labute approximate surface area is 47.0 Å². The Morgan fingerprint density at radius 2 is 2.29 bits per heavy atom. The van der Waals surface area contributed by atoms with E-state index in [0.717, 1.165) is 14.0 Å². The molecule has 1 saturated heterocycles. The zero-order chi connectivity index (χ0) is 5.54. The van der Waals surface area contributed by atoms with Crippen LogP contribution in [0.5, 0.6) is 0 Å². The van der Waals surface area contributed by atoms with Gasteiger partial charge in [0, 0.05) is 0 Å². The Morgan fingerprint density at radius 3 is 2.43 bits per heavy atom. The van der Waals surface area contributed by atoms with Crippen LogP contribution in [0.1, 0.15) is 0 Å². The van der Waals surface area contributed by atoms with E-state index in [9.17, 15) is 0 Å². The molecule has 5 heteroatoms. The van der Waals surface area contributed by atoms with Gasteiger partial charge < -0.3 is 4.84 Å². The average Bonchev–Trinajstić information content (AvgIpc) is 2.23. The van der Waals surface area contributed by atoms with Crippen molar-refractivity contribution in [2.75, 3.05) is 6.61 Å². The molecule has 2 nitrogen and oxygen atoms in total. The maximum absolute atomic E-state index is 4.69. The first-order valence-corrected chi connectivity index (χ1v) is 2.85. The van der Waals surface area contributed by atoms with Crippen molar-refractivity contribution in [2.24, 2.45) is 0 Å². The van der Waals surface area contributed by atoms with E-state index in [0.29, 0.717) is 0 Å². The third-order valence-corrected chi connectivity index (χ3v) is 0.627. The van der Waals surface area contributed by atoms with Gasteiger partial charge in [-0.2, -0.15) is 0 Å². The van der Waals surface area contributed by atoms with Gasteiger partial charge in [0.25, 0.3) is 0 Å². The number of nitrogens with one attached hydrogen (secondary N) is 1. The molecule has 1 rings (SSSR count). The van der Waals surface area contributed by atoms with Gasteiger partial charge >= 0.3 is 0 Å². The van der Waals surface area contributed by atoms with E-state index in [1.807, 2.05) is 15.5 Å². The third-order valence-electron chi connectivity index (χ3n) is 0.627. The minimum absolute atomic E-state index is 0.889. The molecule has 0 atom stereocenters. The van der Waals surface area contributed by atoms with Crippen LogP contribution in [0.3, 0.4) is 0 Å². The number of rotatable bonds is 0. The first kappa shape index (κ1) is 7.11. The highest BCUT2D eigenvalue weighted by Gasteiger charge is 1.96. The summed E-state index contributed by atoms with van der Waals surface area (Å²) in [6.07, 6.45) is 1.17. The molecule has 38 valence electrons. The van der Waals surface area contributed by atoms with Gasteiger partial charge in [0.1, 0.15) is 0 Å². The lowest BCUT2D eigenvalue weighted by atomic mass is 9.81. The maximum Gasteiger partial charge on any atom is 0.236 e. The summed E-state index contributed by atoms with van der Waals surface area (Å²) in [6, 6.07) is 0. The molecule has 1 N–H and O–H groups in total. The molecule has 0 unspecified atom stereocenters. The summed E-state index contributed by atoms with van der Waals surface area (Å²) in [4.78, 5) is 4.69. The highest BCUT2D eigenvalue weighted by Crippen LogP contribution is 1.82. The molecule has 0 aromatic carbocycles. The molecule has 1 fully saturated rings. The van der Waals surface area contributed by atoms with Gasteiger partial charge in [-0.05, 0) is 6.32 Å². The van der Waals surface area contributed by atoms with Gasteiger partial charge in [-0.3, -0.25) is 0 Å². The first-order chi connectivity index (χ1) is 3.50. The van der Waals surface area contributed by atoms with Crippen molar-refractivity contribution in [1.29, 1.82) is 0 Å². The Morgan fingerprint density at radius 1 is 1.57 bits per heavy atom. The van der Waals surface area contributed by atoms with E-state index in [-0.39, 0.29) is 0 Å². The van der Waals surface area contributed by atoms with E-state index in [1.54, 1.807) is 0 Å². The minimum Gasteiger partial charge on any atom is -0.314 e. The predicted octanol–water partition coefficient (Wildman–Crippen LogP) is -2.54. The van der Waals surface area contributed by atoms with Crippen molar-refractivity contribution in [3.8, 4) is 0 Å². The molecular weight excluding hydrogens is 86.5 g/mol. The molecule has 7 heavy (non-hydrogen) atoms. The van der Waals surface area contributed by atoms with Crippen LogP contribution in [0.25, 0.3) is 0 Å². The van der Waals surface area contributed by atoms with Gasteiger partial charge in [-0.25, -0.2) is 5.39 Å². The van der Waals surface area contributed by atoms with Crippen LogP contribution in [0, 0.1) is 0 Å². The zero-order valence-corrected chi connectivity index (χ0v) is 5.03. The van der Waals surface area contributed by atoms with Crippen LogP contribution in [-0.2, 0) is 4.84 Å². The van der Waals surface area contributed by atoms with Gasteiger partial charge in [-0.15, -0.1) is 0 Å². The molecule has 0 aliphatic carbocycles. The van der Waals surface area contributed by atoms with Crippen LogP contribution in [0.4, 0.5) is 0 Å². The van der Waals surface area contributed by atoms with Crippen molar-refractivity contribution in [3.63, 3.8) is 0 Å². The van der Waals surface area contributed by atoms with Crippen molar-refractivity contribution in [2.45, 2.75) is 6.32 Å². The molecule has 0 saturated carbocycles. The van der Waals surface area contributed by atoms with Crippen LogP contribution in [-0.4, -0.2) is 29.5 Å². The van der Waals surface area contributed by atoms with Gasteiger partial charge in [0.15, 0.2) is 0 Å². The largest absolute Gasteiger partial charge is 0.314 e. The lowest BCUT2D eigenvalue weighted by Gasteiger charge is -1.80. The molecule has 0 aromatic rings. The van der Waals surface area contributed by atoms with Gasteiger partial charge in [0.05, 0.1) is 22.1 Å². The SMILES string of the molecule is B1CCON1.BB. The fourth-order valence-electron chi connectivity index (χ4n) is 0.361. The summed E-state index contributed by atoms with van der Waals surface area (Å²) in [7, 11) is 5.03. The third kappa shape index (κ3) is 3.96. The van der Waals surface area contributed by atoms with Crippen LogP contribution in [0.15, 0.2) is 0 Å². The highest BCUT2D eigenvalue weighted by atomic mass is 16.6. The van der Waals surface area contributed by atoms with Crippen molar-refractivity contribution >= 4 is 22.9 Å².